The molecular weight excluding hydrogens is 330 g/mol. The Labute approximate surface area is 147 Å². The van der Waals surface area contributed by atoms with Crippen LogP contribution in [0.25, 0.3) is 0 Å². The monoisotopic (exact) mass is 356 g/mol. The molecule has 7 heteroatoms. The summed E-state index contributed by atoms with van der Waals surface area (Å²) in [6.45, 7) is 4.50. The summed E-state index contributed by atoms with van der Waals surface area (Å²) in [6, 6.07) is 7.15. The van der Waals surface area contributed by atoms with E-state index >= 15 is 0 Å². The summed E-state index contributed by atoms with van der Waals surface area (Å²) in [4.78, 5) is 16.3. The van der Waals surface area contributed by atoms with Gasteiger partial charge in [-0.3, -0.25) is 14.6 Å². The van der Waals surface area contributed by atoms with Gasteiger partial charge >= 0.3 is 12.6 Å². The van der Waals surface area contributed by atoms with E-state index in [-0.39, 0.29) is 17.8 Å². The number of halogens is 2. The van der Waals surface area contributed by atoms with Crippen molar-refractivity contribution in [3.63, 3.8) is 0 Å². The second kappa shape index (κ2) is 9.10. The SMILES string of the molecule is COC(=O)CC1CN(C(C)C)CCN1Cc1cccc(OC(F)F)c1. The van der Waals surface area contributed by atoms with Crippen molar-refractivity contribution in [3.8, 4) is 5.75 Å². The second-order valence-corrected chi connectivity index (χ2v) is 6.52. The van der Waals surface area contributed by atoms with Crippen LogP contribution in [-0.2, 0) is 16.1 Å². The lowest BCUT2D eigenvalue weighted by Crippen LogP contribution is -2.55. The molecule has 1 aromatic rings. The van der Waals surface area contributed by atoms with Gasteiger partial charge in [-0.25, -0.2) is 0 Å². The highest BCUT2D eigenvalue weighted by molar-refractivity contribution is 5.70. The lowest BCUT2D eigenvalue weighted by atomic mass is 10.1. The van der Waals surface area contributed by atoms with Gasteiger partial charge in [0.1, 0.15) is 5.75 Å². The Morgan fingerprint density at radius 2 is 2.08 bits per heavy atom. The van der Waals surface area contributed by atoms with Crippen molar-refractivity contribution in [1.29, 1.82) is 0 Å². The first kappa shape index (κ1) is 19.6. The average Bonchev–Trinajstić information content (AvgIpc) is 2.55. The number of nitrogens with zero attached hydrogens (tertiary/aromatic N) is 2. The molecule has 1 atom stereocenters. The van der Waals surface area contributed by atoms with Gasteiger partial charge in [-0.1, -0.05) is 12.1 Å². The molecule has 2 rings (SSSR count). The highest BCUT2D eigenvalue weighted by Gasteiger charge is 2.30. The van der Waals surface area contributed by atoms with Crippen LogP contribution in [0.3, 0.4) is 0 Å². The third-order valence-electron chi connectivity index (χ3n) is 4.51. The number of rotatable bonds is 7. The Kier molecular flexibility index (Phi) is 7.13. The van der Waals surface area contributed by atoms with Gasteiger partial charge < -0.3 is 9.47 Å². The van der Waals surface area contributed by atoms with E-state index < -0.39 is 6.61 Å². The number of carbonyl (C=O) groups excluding carboxylic acids is 1. The number of methoxy groups -OCH3 is 1. The van der Waals surface area contributed by atoms with Gasteiger partial charge in [-0.05, 0) is 31.5 Å². The minimum atomic E-state index is -2.84. The largest absolute Gasteiger partial charge is 0.469 e. The zero-order valence-electron chi connectivity index (χ0n) is 15.0. The Hall–Kier alpha value is -1.73. The maximum Gasteiger partial charge on any atom is 0.387 e. The molecule has 0 N–H and O–H groups in total. The van der Waals surface area contributed by atoms with Crippen LogP contribution in [0.1, 0.15) is 25.8 Å². The fourth-order valence-electron chi connectivity index (χ4n) is 3.12. The van der Waals surface area contributed by atoms with Crippen molar-refractivity contribution in [2.24, 2.45) is 0 Å². The van der Waals surface area contributed by atoms with Crippen LogP contribution >= 0.6 is 0 Å². The first-order valence-electron chi connectivity index (χ1n) is 8.47. The Morgan fingerprint density at radius 3 is 2.72 bits per heavy atom. The predicted octanol–water partition coefficient (Wildman–Crippen LogP) is 2.75. The van der Waals surface area contributed by atoms with Crippen molar-refractivity contribution in [2.75, 3.05) is 26.7 Å². The van der Waals surface area contributed by atoms with E-state index in [4.69, 9.17) is 4.74 Å². The molecule has 0 bridgehead atoms. The number of carbonyl (C=O) groups is 1. The fourth-order valence-corrected chi connectivity index (χ4v) is 3.12. The molecule has 1 fully saturated rings. The zero-order valence-corrected chi connectivity index (χ0v) is 15.0. The lowest BCUT2D eigenvalue weighted by Gasteiger charge is -2.42. The molecule has 1 aliphatic heterocycles. The van der Waals surface area contributed by atoms with Crippen molar-refractivity contribution in [2.45, 2.75) is 45.5 Å². The Bertz CT molecular complexity index is 569. The quantitative estimate of drug-likeness (QED) is 0.703. The van der Waals surface area contributed by atoms with Gasteiger partial charge in [0, 0.05) is 38.3 Å². The number of alkyl halides is 2. The zero-order chi connectivity index (χ0) is 18.4. The van der Waals surface area contributed by atoms with Crippen LogP contribution in [0, 0.1) is 0 Å². The van der Waals surface area contributed by atoms with Crippen molar-refractivity contribution in [3.05, 3.63) is 29.8 Å². The summed E-state index contributed by atoms with van der Waals surface area (Å²) in [6.07, 6.45) is 0.312. The molecule has 140 valence electrons. The summed E-state index contributed by atoms with van der Waals surface area (Å²) in [5, 5.41) is 0. The molecule has 1 heterocycles. The molecule has 0 aromatic heterocycles. The molecule has 1 saturated heterocycles. The van der Waals surface area contributed by atoms with Gasteiger partial charge in [0.15, 0.2) is 0 Å². The molecular formula is C18H26F2N2O3. The first-order chi connectivity index (χ1) is 11.9. The topological polar surface area (TPSA) is 42.0 Å². The van der Waals surface area contributed by atoms with E-state index in [1.54, 1.807) is 12.1 Å². The minimum absolute atomic E-state index is 0.0308. The first-order valence-corrected chi connectivity index (χ1v) is 8.47. The number of hydrogen-bond acceptors (Lipinski definition) is 5. The summed E-state index contributed by atoms with van der Waals surface area (Å²) in [5.74, 6) is -0.0896. The smallest absolute Gasteiger partial charge is 0.387 e. The number of esters is 1. The predicted molar refractivity (Wildman–Crippen MR) is 90.6 cm³/mol. The molecule has 0 aliphatic carbocycles. The highest BCUT2D eigenvalue weighted by Crippen LogP contribution is 2.21. The van der Waals surface area contributed by atoms with Crippen molar-refractivity contribution in [1.82, 2.24) is 9.80 Å². The van der Waals surface area contributed by atoms with E-state index in [1.165, 1.54) is 13.2 Å². The van der Waals surface area contributed by atoms with Crippen LogP contribution in [0.15, 0.2) is 24.3 Å². The molecule has 0 spiro atoms. The van der Waals surface area contributed by atoms with Gasteiger partial charge in [0.05, 0.1) is 13.5 Å². The fraction of sp³-hybridized carbons (Fsp3) is 0.611. The van der Waals surface area contributed by atoms with Crippen molar-refractivity contribution >= 4 is 5.97 Å². The summed E-state index contributed by atoms with van der Waals surface area (Å²) in [5.41, 5.74) is 0.881. The summed E-state index contributed by atoms with van der Waals surface area (Å²) >= 11 is 0. The van der Waals surface area contributed by atoms with Crippen LogP contribution in [0.4, 0.5) is 8.78 Å². The summed E-state index contributed by atoms with van der Waals surface area (Å²) < 4.78 is 34.1. The molecule has 0 amide bonds. The van der Waals surface area contributed by atoms with Gasteiger partial charge in [0.2, 0.25) is 0 Å². The van der Waals surface area contributed by atoms with Crippen LogP contribution in [0.5, 0.6) is 5.75 Å². The maximum absolute atomic E-state index is 12.4. The highest BCUT2D eigenvalue weighted by atomic mass is 19.3. The van der Waals surface area contributed by atoms with E-state index in [1.807, 2.05) is 6.07 Å². The lowest BCUT2D eigenvalue weighted by molar-refractivity contribution is -0.143. The number of benzene rings is 1. The molecule has 5 nitrogen and oxygen atoms in total. The Morgan fingerprint density at radius 1 is 1.32 bits per heavy atom. The standard InChI is InChI=1S/C18H26F2N2O3/c1-13(2)21-7-8-22(15(12-21)10-17(23)24-3)11-14-5-4-6-16(9-14)25-18(19)20/h4-6,9,13,15,18H,7-8,10-12H2,1-3H3. The van der Waals surface area contributed by atoms with Crippen LogP contribution in [-0.4, -0.2) is 61.2 Å². The van der Waals surface area contributed by atoms with Crippen LogP contribution in [0.2, 0.25) is 0 Å². The normalized spacial score (nSPS) is 19.4. The molecule has 25 heavy (non-hydrogen) atoms. The van der Waals surface area contributed by atoms with Gasteiger partial charge in [-0.2, -0.15) is 8.78 Å². The van der Waals surface area contributed by atoms with E-state index in [9.17, 15) is 13.6 Å². The van der Waals surface area contributed by atoms with Gasteiger partial charge in [-0.15, -0.1) is 0 Å². The second-order valence-electron chi connectivity index (χ2n) is 6.52. The van der Waals surface area contributed by atoms with Crippen molar-refractivity contribution < 1.29 is 23.0 Å². The third kappa shape index (κ3) is 5.93. The molecule has 1 aromatic carbocycles. The summed E-state index contributed by atoms with van der Waals surface area (Å²) in [7, 11) is 1.39. The average molecular weight is 356 g/mol. The number of ether oxygens (including phenoxy) is 2. The van der Waals surface area contributed by atoms with E-state index in [0.29, 0.717) is 19.0 Å². The minimum Gasteiger partial charge on any atom is -0.469 e. The number of piperazine rings is 1. The number of hydrogen-bond donors (Lipinski definition) is 0. The van der Waals surface area contributed by atoms with E-state index in [2.05, 4.69) is 28.4 Å². The molecule has 0 radical (unpaired) electrons. The van der Waals surface area contributed by atoms with Gasteiger partial charge in [0.25, 0.3) is 0 Å². The molecule has 0 saturated carbocycles. The van der Waals surface area contributed by atoms with Crippen LogP contribution < -0.4 is 4.74 Å². The third-order valence-corrected chi connectivity index (χ3v) is 4.51. The molecule has 1 aliphatic rings. The molecule has 1 unspecified atom stereocenters. The maximum atomic E-state index is 12.4. The van der Waals surface area contributed by atoms with E-state index in [0.717, 1.165) is 25.2 Å². The Balaban J connectivity index is 2.08.